The molecule has 0 saturated carbocycles. The summed E-state index contributed by atoms with van der Waals surface area (Å²) in [5.41, 5.74) is 1.03. The van der Waals surface area contributed by atoms with Crippen LogP contribution in [-0.4, -0.2) is 35.2 Å². The number of piperidine rings is 1. The molecule has 1 aliphatic heterocycles. The molecule has 5 heteroatoms. The third-order valence-electron chi connectivity index (χ3n) is 3.24. The molecule has 0 radical (unpaired) electrons. The van der Waals surface area contributed by atoms with Crippen molar-refractivity contribution in [3.63, 3.8) is 0 Å². The van der Waals surface area contributed by atoms with Crippen LogP contribution in [0.3, 0.4) is 0 Å². The van der Waals surface area contributed by atoms with E-state index < -0.39 is 0 Å². The Morgan fingerprint density at radius 3 is 2.65 bits per heavy atom. The van der Waals surface area contributed by atoms with E-state index in [1.165, 1.54) is 6.42 Å². The topological polar surface area (TPSA) is 66.8 Å². The van der Waals surface area contributed by atoms with Gasteiger partial charge in [0.15, 0.2) is 0 Å². The average molecular weight is 279 g/mol. The van der Waals surface area contributed by atoms with Gasteiger partial charge in [-0.2, -0.15) is 0 Å². The fourth-order valence-corrected chi connectivity index (χ4v) is 2.17. The quantitative estimate of drug-likeness (QED) is 0.845. The molecular formula is C15H21NO4. The lowest BCUT2D eigenvalue weighted by molar-refractivity contribution is -0.122. The highest BCUT2D eigenvalue weighted by Gasteiger charge is 2.24. The van der Waals surface area contributed by atoms with Crippen LogP contribution in [0.1, 0.15) is 31.7 Å². The fraction of sp³-hybridized carbons (Fsp3) is 0.467. The molecule has 1 aromatic rings. The number of nitrogens with zero attached hydrogens (tertiary/aromatic N) is 1. The zero-order valence-electron chi connectivity index (χ0n) is 11.7. The smallest absolute Gasteiger partial charge is 0.410 e. The molecule has 0 bridgehead atoms. The number of amides is 1. The molecule has 110 valence electrons. The molecule has 0 spiro atoms. The summed E-state index contributed by atoms with van der Waals surface area (Å²) in [6.45, 7) is 3.03. The number of carboxylic acid groups (broad SMARTS) is 1. The molecule has 1 saturated heterocycles. The highest BCUT2D eigenvalue weighted by Crippen LogP contribution is 2.17. The predicted octanol–water partition coefficient (Wildman–Crippen LogP) is 2.90. The summed E-state index contributed by atoms with van der Waals surface area (Å²) >= 11 is 0. The Balaban J connectivity index is 0.000000612. The molecule has 1 amide bonds. The molecule has 1 aromatic carbocycles. The van der Waals surface area contributed by atoms with Gasteiger partial charge in [-0.1, -0.05) is 30.3 Å². The molecule has 1 aliphatic rings. The van der Waals surface area contributed by atoms with Crippen molar-refractivity contribution in [1.82, 2.24) is 4.90 Å². The van der Waals surface area contributed by atoms with Gasteiger partial charge in [-0.15, -0.1) is 0 Å². The maximum atomic E-state index is 11.9. The minimum absolute atomic E-state index is 0.180. The van der Waals surface area contributed by atoms with Gasteiger partial charge < -0.3 is 14.7 Å². The number of likely N-dealkylation sites (tertiary alicyclic amines) is 1. The van der Waals surface area contributed by atoms with E-state index in [1.54, 1.807) is 0 Å². The van der Waals surface area contributed by atoms with Crippen LogP contribution < -0.4 is 0 Å². The highest BCUT2D eigenvalue weighted by atomic mass is 16.6. The van der Waals surface area contributed by atoms with Crippen LogP contribution in [0.4, 0.5) is 4.79 Å². The second kappa shape index (κ2) is 8.96. The maximum Gasteiger partial charge on any atom is 0.410 e. The Kier molecular flexibility index (Phi) is 7.17. The Hall–Kier alpha value is -2.04. The summed E-state index contributed by atoms with van der Waals surface area (Å²) in [6.07, 6.45) is 3.20. The van der Waals surface area contributed by atoms with E-state index in [0.29, 0.717) is 12.6 Å². The van der Waals surface area contributed by atoms with Gasteiger partial charge in [0, 0.05) is 12.6 Å². The zero-order valence-corrected chi connectivity index (χ0v) is 11.7. The number of hydrogen-bond donors (Lipinski definition) is 1. The first-order valence-electron chi connectivity index (χ1n) is 6.74. The highest BCUT2D eigenvalue weighted by molar-refractivity contribution is 5.68. The van der Waals surface area contributed by atoms with Crippen molar-refractivity contribution >= 4 is 12.6 Å². The summed E-state index contributed by atoms with van der Waals surface area (Å²) in [5.74, 6) is 0. The fourth-order valence-electron chi connectivity index (χ4n) is 2.17. The lowest BCUT2D eigenvalue weighted by Crippen LogP contribution is -2.42. The first kappa shape index (κ1) is 16.0. The van der Waals surface area contributed by atoms with E-state index in [-0.39, 0.29) is 12.6 Å². The monoisotopic (exact) mass is 279 g/mol. The van der Waals surface area contributed by atoms with Crippen molar-refractivity contribution in [3.05, 3.63) is 35.9 Å². The van der Waals surface area contributed by atoms with Crippen molar-refractivity contribution in [2.24, 2.45) is 0 Å². The molecule has 2 rings (SSSR count). The SMILES string of the molecule is C[C@@H]1CCCCN1C(=O)OCc1ccccc1.O=CO. The van der Waals surface area contributed by atoms with E-state index >= 15 is 0 Å². The average Bonchev–Trinajstić information content (AvgIpc) is 2.47. The van der Waals surface area contributed by atoms with Gasteiger partial charge in [0.05, 0.1) is 0 Å². The predicted molar refractivity (Wildman–Crippen MR) is 75.3 cm³/mol. The molecular weight excluding hydrogens is 258 g/mol. The van der Waals surface area contributed by atoms with E-state index in [4.69, 9.17) is 14.6 Å². The largest absolute Gasteiger partial charge is 0.483 e. The third-order valence-corrected chi connectivity index (χ3v) is 3.24. The van der Waals surface area contributed by atoms with Gasteiger partial charge in [-0.05, 0) is 31.7 Å². The van der Waals surface area contributed by atoms with Gasteiger partial charge >= 0.3 is 6.09 Å². The summed E-state index contributed by atoms with van der Waals surface area (Å²) < 4.78 is 5.32. The second-order valence-corrected chi connectivity index (χ2v) is 4.68. The van der Waals surface area contributed by atoms with Gasteiger partial charge in [-0.3, -0.25) is 4.79 Å². The summed E-state index contributed by atoms with van der Waals surface area (Å²) in [6, 6.07) is 10.1. The third kappa shape index (κ3) is 5.30. The number of hydrogen-bond acceptors (Lipinski definition) is 3. The van der Waals surface area contributed by atoms with Crippen LogP contribution in [0, 0.1) is 0 Å². The van der Waals surface area contributed by atoms with Crippen molar-refractivity contribution < 1.29 is 19.4 Å². The molecule has 1 N–H and O–H groups in total. The van der Waals surface area contributed by atoms with Gasteiger partial charge in [0.25, 0.3) is 6.47 Å². The van der Waals surface area contributed by atoms with Crippen molar-refractivity contribution in [2.75, 3.05) is 6.54 Å². The number of carbonyl (C=O) groups is 2. The molecule has 1 atom stereocenters. The van der Waals surface area contributed by atoms with Gasteiger partial charge in [-0.25, -0.2) is 4.79 Å². The second-order valence-electron chi connectivity index (χ2n) is 4.68. The lowest BCUT2D eigenvalue weighted by atomic mass is 10.0. The summed E-state index contributed by atoms with van der Waals surface area (Å²) in [5, 5.41) is 6.89. The Morgan fingerprint density at radius 1 is 1.40 bits per heavy atom. The minimum atomic E-state index is -0.250. The number of rotatable bonds is 2. The van der Waals surface area contributed by atoms with E-state index in [1.807, 2.05) is 35.2 Å². The first-order valence-corrected chi connectivity index (χ1v) is 6.74. The molecule has 0 aromatic heterocycles. The number of ether oxygens (including phenoxy) is 1. The molecule has 0 aliphatic carbocycles. The van der Waals surface area contributed by atoms with Gasteiger partial charge in [0.1, 0.15) is 6.61 Å². The van der Waals surface area contributed by atoms with Crippen LogP contribution in [0.5, 0.6) is 0 Å². The number of carbonyl (C=O) groups excluding carboxylic acids is 1. The molecule has 1 fully saturated rings. The van der Waals surface area contributed by atoms with Crippen LogP contribution in [0.2, 0.25) is 0 Å². The van der Waals surface area contributed by atoms with Crippen LogP contribution in [-0.2, 0) is 16.1 Å². The van der Waals surface area contributed by atoms with Crippen molar-refractivity contribution in [1.29, 1.82) is 0 Å². The van der Waals surface area contributed by atoms with E-state index in [9.17, 15) is 4.79 Å². The Morgan fingerprint density at radius 2 is 2.05 bits per heavy atom. The Labute approximate surface area is 119 Å². The molecule has 5 nitrogen and oxygen atoms in total. The van der Waals surface area contributed by atoms with Crippen molar-refractivity contribution in [3.8, 4) is 0 Å². The van der Waals surface area contributed by atoms with Gasteiger partial charge in [0.2, 0.25) is 0 Å². The normalized spacial score (nSPS) is 17.6. The lowest BCUT2D eigenvalue weighted by Gasteiger charge is -2.32. The maximum absolute atomic E-state index is 11.9. The van der Waals surface area contributed by atoms with Crippen LogP contribution >= 0.6 is 0 Å². The summed E-state index contributed by atoms with van der Waals surface area (Å²) in [4.78, 5) is 22.1. The number of benzene rings is 1. The Bertz CT molecular complexity index is 408. The molecule has 20 heavy (non-hydrogen) atoms. The van der Waals surface area contributed by atoms with Crippen molar-refractivity contribution in [2.45, 2.75) is 38.8 Å². The molecule has 0 unspecified atom stereocenters. The minimum Gasteiger partial charge on any atom is -0.483 e. The standard InChI is InChI=1S/C14H19NO2.CH2O2/c1-12-7-5-6-10-15(12)14(16)17-11-13-8-3-2-4-9-13;2-1-3/h2-4,8-9,12H,5-7,10-11H2,1H3;1H,(H,2,3)/t12-;/m1./s1. The zero-order chi connectivity index (χ0) is 14.8. The van der Waals surface area contributed by atoms with Crippen LogP contribution in [0.15, 0.2) is 30.3 Å². The molecule has 1 heterocycles. The van der Waals surface area contributed by atoms with E-state index in [2.05, 4.69) is 6.92 Å². The summed E-state index contributed by atoms with van der Waals surface area (Å²) in [7, 11) is 0. The first-order chi connectivity index (χ1) is 9.69. The van der Waals surface area contributed by atoms with E-state index in [0.717, 1.165) is 24.9 Å². The van der Waals surface area contributed by atoms with Crippen LogP contribution in [0.25, 0.3) is 0 Å².